The molecule has 2 aromatic rings. The SMILES string of the molecule is C[C@@H](Oc1ccc(Cl)cc1Cl)C(=O)Nc1ccc([O-])cc1C(=O)O. The van der Waals surface area contributed by atoms with E-state index in [1.165, 1.54) is 25.1 Å². The van der Waals surface area contributed by atoms with Gasteiger partial charge in [-0.2, -0.15) is 0 Å². The fraction of sp³-hybridized carbons (Fsp3) is 0.125. The van der Waals surface area contributed by atoms with E-state index in [0.29, 0.717) is 5.02 Å². The van der Waals surface area contributed by atoms with E-state index < -0.39 is 23.7 Å². The fourth-order valence-electron chi connectivity index (χ4n) is 1.86. The summed E-state index contributed by atoms with van der Waals surface area (Å²) in [6.45, 7) is 1.47. The van der Waals surface area contributed by atoms with E-state index in [2.05, 4.69) is 5.32 Å². The Labute approximate surface area is 147 Å². The Kier molecular flexibility index (Phi) is 5.54. The molecule has 0 bridgehead atoms. The maximum atomic E-state index is 12.2. The van der Waals surface area contributed by atoms with Crippen molar-refractivity contribution >= 4 is 40.8 Å². The second-order valence-corrected chi connectivity index (χ2v) is 5.68. The molecule has 0 fully saturated rings. The topological polar surface area (TPSA) is 98.7 Å². The molecule has 1 amide bonds. The predicted octanol–water partition coefficient (Wildman–Crippen LogP) is 3.17. The maximum Gasteiger partial charge on any atom is 0.337 e. The van der Waals surface area contributed by atoms with E-state index in [1.807, 2.05) is 0 Å². The highest BCUT2D eigenvalue weighted by Gasteiger charge is 2.19. The van der Waals surface area contributed by atoms with Gasteiger partial charge in [-0.1, -0.05) is 35.3 Å². The van der Waals surface area contributed by atoms with Crippen molar-refractivity contribution in [2.45, 2.75) is 13.0 Å². The molecule has 0 aliphatic rings. The summed E-state index contributed by atoms with van der Waals surface area (Å²) in [5.74, 6) is -2.13. The van der Waals surface area contributed by atoms with Gasteiger partial charge < -0.3 is 20.3 Å². The van der Waals surface area contributed by atoms with Gasteiger partial charge in [-0.15, -0.1) is 5.75 Å². The van der Waals surface area contributed by atoms with Crippen molar-refractivity contribution in [2.24, 2.45) is 0 Å². The van der Waals surface area contributed by atoms with Crippen LogP contribution in [0.3, 0.4) is 0 Å². The van der Waals surface area contributed by atoms with Crippen LogP contribution in [0.25, 0.3) is 0 Å². The third kappa shape index (κ3) is 4.31. The van der Waals surface area contributed by atoms with E-state index in [9.17, 15) is 14.7 Å². The average molecular weight is 369 g/mol. The fourth-order valence-corrected chi connectivity index (χ4v) is 2.31. The zero-order valence-corrected chi connectivity index (χ0v) is 13.9. The van der Waals surface area contributed by atoms with Crippen LogP contribution >= 0.6 is 23.2 Å². The summed E-state index contributed by atoms with van der Waals surface area (Å²) in [6.07, 6.45) is -0.961. The Balaban J connectivity index is 2.13. The number of carboxylic acids is 1. The minimum absolute atomic E-state index is 0.00440. The number of carboxylic acid groups (broad SMARTS) is 1. The molecule has 0 saturated heterocycles. The highest BCUT2D eigenvalue weighted by atomic mass is 35.5. The first kappa shape index (κ1) is 17.9. The summed E-state index contributed by atoms with van der Waals surface area (Å²) in [7, 11) is 0. The third-order valence-corrected chi connectivity index (χ3v) is 3.58. The number of carbonyl (C=O) groups excluding carboxylic acids is 1. The second-order valence-electron chi connectivity index (χ2n) is 4.84. The molecule has 0 unspecified atom stereocenters. The predicted molar refractivity (Wildman–Crippen MR) is 88.0 cm³/mol. The lowest BCUT2D eigenvalue weighted by molar-refractivity contribution is -0.268. The van der Waals surface area contributed by atoms with Crippen molar-refractivity contribution in [3.63, 3.8) is 0 Å². The number of ether oxygens (including phenoxy) is 1. The number of hydrogen-bond donors (Lipinski definition) is 2. The van der Waals surface area contributed by atoms with Crippen LogP contribution in [0.15, 0.2) is 36.4 Å². The molecule has 0 aliphatic carbocycles. The van der Waals surface area contributed by atoms with Gasteiger partial charge in [-0.05, 0) is 31.2 Å². The molecule has 0 aliphatic heterocycles. The Bertz CT molecular complexity index is 794. The molecule has 8 heteroatoms. The summed E-state index contributed by atoms with van der Waals surface area (Å²) in [5, 5.41) is 23.4. The van der Waals surface area contributed by atoms with Crippen molar-refractivity contribution in [1.82, 2.24) is 0 Å². The zero-order valence-electron chi connectivity index (χ0n) is 12.4. The highest BCUT2D eigenvalue weighted by molar-refractivity contribution is 6.35. The molecule has 0 radical (unpaired) electrons. The number of hydrogen-bond acceptors (Lipinski definition) is 4. The molecular weight excluding hydrogens is 357 g/mol. The van der Waals surface area contributed by atoms with Crippen molar-refractivity contribution in [3.8, 4) is 11.5 Å². The Morgan fingerprint density at radius 1 is 1.21 bits per heavy atom. The molecule has 0 saturated carbocycles. The smallest absolute Gasteiger partial charge is 0.337 e. The first-order valence-electron chi connectivity index (χ1n) is 6.75. The van der Waals surface area contributed by atoms with Crippen LogP contribution < -0.4 is 15.2 Å². The normalized spacial score (nSPS) is 11.6. The van der Waals surface area contributed by atoms with Gasteiger partial charge in [0.2, 0.25) is 0 Å². The largest absolute Gasteiger partial charge is 0.872 e. The Morgan fingerprint density at radius 2 is 1.92 bits per heavy atom. The monoisotopic (exact) mass is 368 g/mol. The summed E-state index contributed by atoms with van der Waals surface area (Å²) >= 11 is 11.8. The average Bonchev–Trinajstić information content (AvgIpc) is 2.51. The van der Waals surface area contributed by atoms with Crippen LogP contribution in [0.5, 0.6) is 11.5 Å². The molecule has 24 heavy (non-hydrogen) atoms. The number of rotatable bonds is 5. The van der Waals surface area contributed by atoms with Crippen LogP contribution in [-0.4, -0.2) is 23.1 Å². The summed E-state index contributed by atoms with van der Waals surface area (Å²) < 4.78 is 5.45. The molecule has 2 rings (SSSR count). The number of carbonyl (C=O) groups is 2. The molecule has 1 atom stereocenters. The second kappa shape index (κ2) is 7.42. The molecule has 126 valence electrons. The van der Waals surface area contributed by atoms with Crippen molar-refractivity contribution in [1.29, 1.82) is 0 Å². The van der Waals surface area contributed by atoms with Crippen LogP contribution in [0, 0.1) is 0 Å². The van der Waals surface area contributed by atoms with Gasteiger partial charge in [0.25, 0.3) is 5.91 Å². The minimum Gasteiger partial charge on any atom is -0.872 e. The van der Waals surface area contributed by atoms with E-state index in [-0.39, 0.29) is 22.0 Å². The van der Waals surface area contributed by atoms with Crippen molar-refractivity contribution < 1.29 is 24.5 Å². The van der Waals surface area contributed by atoms with Gasteiger partial charge in [-0.3, -0.25) is 4.79 Å². The minimum atomic E-state index is -1.32. The van der Waals surface area contributed by atoms with Gasteiger partial charge in [0.05, 0.1) is 16.3 Å². The quantitative estimate of drug-likeness (QED) is 0.844. The lowest BCUT2D eigenvalue weighted by Crippen LogP contribution is -2.30. The van der Waals surface area contributed by atoms with E-state index in [1.54, 1.807) is 6.07 Å². The van der Waals surface area contributed by atoms with Gasteiger partial charge in [0, 0.05) is 5.02 Å². The van der Waals surface area contributed by atoms with Crippen LogP contribution in [0.1, 0.15) is 17.3 Å². The maximum absolute atomic E-state index is 12.2. The molecular formula is C16H12Cl2NO5-. The Hall–Kier alpha value is -2.44. The molecule has 0 spiro atoms. The van der Waals surface area contributed by atoms with E-state index >= 15 is 0 Å². The molecule has 0 heterocycles. The van der Waals surface area contributed by atoms with E-state index in [4.69, 9.17) is 33.0 Å². The first-order chi connectivity index (χ1) is 11.3. The summed E-state index contributed by atoms with van der Waals surface area (Å²) in [4.78, 5) is 23.3. The standard InChI is InChI=1S/C16H13Cl2NO5/c1-8(24-14-5-2-9(17)6-12(14)18)15(21)19-13-4-3-10(20)7-11(13)16(22)23/h2-8,20H,1H3,(H,19,21)(H,22,23)/p-1/t8-/m1/s1. The van der Waals surface area contributed by atoms with Crippen molar-refractivity contribution in [2.75, 3.05) is 5.32 Å². The molecule has 6 nitrogen and oxygen atoms in total. The van der Waals surface area contributed by atoms with Gasteiger partial charge >= 0.3 is 5.97 Å². The third-order valence-electron chi connectivity index (χ3n) is 3.05. The zero-order chi connectivity index (χ0) is 17.9. The number of anilines is 1. The molecule has 0 aromatic heterocycles. The summed E-state index contributed by atoms with van der Waals surface area (Å²) in [6, 6.07) is 7.86. The van der Waals surface area contributed by atoms with Crippen LogP contribution in [-0.2, 0) is 4.79 Å². The van der Waals surface area contributed by atoms with Crippen LogP contribution in [0.4, 0.5) is 5.69 Å². The number of benzene rings is 2. The number of amides is 1. The summed E-state index contributed by atoms with van der Waals surface area (Å²) in [5.41, 5.74) is -0.294. The van der Waals surface area contributed by atoms with E-state index in [0.717, 1.165) is 12.1 Å². The van der Waals surface area contributed by atoms with Gasteiger partial charge in [0.1, 0.15) is 5.75 Å². The molecule has 2 N–H and O–H groups in total. The number of halogens is 2. The lowest BCUT2D eigenvalue weighted by Gasteiger charge is -2.17. The van der Waals surface area contributed by atoms with Gasteiger partial charge in [-0.25, -0.2) is 4.79 Å². The van der Waals surface area contributed by atoms with Gasteiger partial charge in [0.15, 0.2) is 6.10 Å². The molecule has 2 aromatic carbocycles. The first-order valence-corrected chi connectivity index (χ1v) is 7.50. The lowest BCUT2D eigenvalue weighted by atomic mass is 10.1. The highest BCUT2D eigenvalue weighted by Crippen LogP contribution is 2.28. The van der Waals surface area contributed by atoms with Crippen LogP contribution in [0.2, 0.25) is 10.0 Å². The van der Waals surface area contributed by atoms with Crippen molar-refractivity contribution in [3.05, 3.63) is 52.0 Å². The number of aromatic carboxylic acids is 1. The number of nitrogens with one attached hydrogen (secondary N) is 1. The Morgan fingerprint density at radius 3 is 2.54 bits per heavy atom.